The summed E-state index contributed by atoms with van der Waals surface area (Å²) in [5.41, 5.74) is 0. The molecule has 0 aromatic carbocycles. The normalized spacial score (nSPS) is 46.1. The molecule has 3 aliphatic heterocycles. The number of quaternary nitrogens is 1. The maximum absolute atomic E-state index is 2.79. The van der Waals surface area contributed by atoms with Gasteiger partial charge < -0.3 is 4.48 Å². The molecule has 3 fully saturated rings. The highest BCUT2D eigenvalue weighted by molar-refractivity contribution is 4.96. The standard InChI is InChI=1S/C15H29N2/c1-16-12-8-4-5-9-13(16)15-11-7-6-10-14(12)17(15,2)3/h12-15H,4-11H2,1-3H3/q+1. The zero-order chi connectivity index (χ0) is 12.0. The third-order valence-corrected chi connectivity index (χ3v) is 6.14. The zero-order valence-corrected chi connectivity index (χ0v) is 11.9. The Morgan fingerprint density at radius 1 is 0.765 bits per heavy atom. The van der Waals surface area contributed by atoms with Crippen molar-refractivity contribution in [3.05, 3.63) is 0 Å². The summed E-state index contributed by atoms with van der Waals surface area (Å²) in [7, 11) is 7.48. The Hall–Kier alpha value is -0.0800. The monoisotopic (exact) mass is 237 g/mol. The second-order valence-electron chi connectivity index (χ2n) is 7.13. The molecule has 0 saturated carbocycles. The molecule has 0 spiro atoms. The Kier molecular flexibility index (Phi) is 2.99. The molecule has 0 aromatic rings. The highest BCUT2D eigenvalue weighted by Gasteiger charge is 2.53. The zero-order valence-electron chi connectivity index (χ0n) is 11.9. The van der Waals surface area contributed by atoms with Crippen LogP contribution in [0.15, 0.2) is 0 Å². The van der Waals surface area contributed by atoms with Crippen molar-refractivity contribution >= 4 is 0 Å². The maximum Gasteiger partial charge on any atom is 0.105 e. The molecule has 4 unspecified atom stereocenters. The van der Waals surface area contributed by atoms with E-state index >= 15 is 0 Å². The van der Waals surface area contributed by atoms with E-state index in [1.807, 2.05) is 0 Å². The van der Waals surface area contributed by atoms with Gasteiger partial charge in [0.15, 0.2) is 0 Å². The number of hydrogen-bond donors (Lipinski definition) is 0. The van der Waals surface area contributed by atoms with Gasteiger partial charge in [-0.3, -0.25) is 4.90 Å². The summed E-state index contributed by atoms with van der Waals surface area (Å²) in [5.74, 6) is 0. The second-order valence-corrected chi connectivity index (χ2v) is 7.13. The van der Waals surface area contributed by atoms with Crippen molar-refractivity contribution in [2.75, 3.05) is 21.1 Å². The van der Waals surface area contributed by atoms with E-state index in [-0.39, 0.29) is 0 Å². The van der Waals surface area contributed by atoms with Gasteiger partial charge in [-0.25, -0.2) is 0 Å². The first-order chi connectivity index (χ1) is 8.12. The van der Waals surface area contributed by atoms with E-state index in [0.717, 1.165) is 24.2 Å². The summed E-state index contributed by atoms with van der Waals surface area (Å²) in [4.78, 5) is 2.79. The van der Waals surface area contributed by atoms with Crippen LogP contribution in [-0.2, 0) is 0 Å². The van der Waals surface area contributed by atoms with Gasteiger partial charge in [0.2, 0.25) is 0 Å². The highest BCUT2D eigenvalue weighted by atomic mass is 15.4. The molecule has 0 amide bonds. The van der Waals surface area contributed by atoms with E-state index in [4.69, 9.17) is 0 Å². The maximum atomic E-state index is 2.79. The molecule has 3 saturated heterocycles. The van der Waals surface area contributed by atoms with Crippen LogP contribution in [0.5, 0.6) is 0 Å². The number of piperazine rings is 1. The number of hydrogen-bond acceptors (Lipinski definition) is 1. The van der Waals surface area contributed by atoms with E-state index in [1.54, 1.807) is 0 Å². The lowest BCUT2D eigenvalue weighted by Crippen LogP contribution is -2.72. The van der Waals surface area contributed by atoms with Crippen LogP contribution >= 0.6 is 0 Å². The minimum Gasteiger partial charge on any atom is -0.321 e. The molecule has 0 aromatic heterocycles. The van der Waals surface area contributed by atoms with Crippen LogP contribution in [0.25, 0.3) is 0 Å². The van der Waals surface area contributed by atoms with Gasteiger partial charge in [-0.15, -0.1) is 0 Å². The summed E-state index contributed by atoms with van der Waals surface area (Å²) < 4.78 is 1.32. The predicted molar refractivity (Wildman–Crippen MR) is 72.0 cm³/mol. The smallest absolute Gasteiger partial charge is 0.105 e. The van der Waals surface area contributed by atoms with Crippen LogP contribution in [0.1, 0.15) is 51.4 Å². The van der Waals surface area contributed by atoms with E-state index in [1.165, 1.54) is 55.8 Å². The van der Waals surface area contributed by atoms with E-state index in [2.05, 4.69) is 26.0 Å². The Balaban J connectivity index is 2.00. The highest BCUT2D eigenvalue weighted by Crippen LogP contribution is 2.42. The third-order valence-electron chi connectivity index (χ3n) is 6.14. The van der Waals surface area contributed by atoms with Crippen molar-refractivity contribution in [2.45, 2.75) is 75.5 Å². The summed E-state index contributed by atoms with van der Waals surface area (Å²) in [5, 5.41) is 0. The molecule has 17 heavy (non-hydrogen) atoms. The fourth-order valence-corrected chi connectivity index (χ4v) is 5.18. The van der Waals surface area contributed by atoms with Crippen molar-refractivity contribution in [1.82, 2.24) is 4.90 Å². The Morgan fingerprint density at radius 2 is 1.18 bits per heavy atom. The average molecular weight is 237 g/mol. The number of nitrogens with zero attached hydrogens (tertiary/aromatic N) is 2. The predicted octanol–water partition coefficient (Wildman–Crippen LogP) is 2.63. The molecule has 3 rings (SSSR count). The quantitative estimate of drug-likeness (QED) is 0.585. The molecule has 0 aliphatic carbocycles. The summed E-state index contributed by atoms with van der Waals surface area (Å²) in [6.07, 6.45) is 11.7. The van der Waals surface area contributed by atoms with E-state index in [9.17, 15) is 0 Å². The second kappa shape index (κ2) is 4.24. The molecule has 98 valence electrons. The Bertz CT molecular complexity index is 261. The molecular formula is C15H29N2+. The first-order valence-electron chi connectivity index (χ1n) is 7.67. The van der Waals surface area contributed by atoms with Crippen LogP contribution in [0.4, 0.5) is 0 Å². The first kappa shape index (κ1) is 12.0. The van der Waals surface area contributed by atoms with Gasteiger partial charge in [-0.1, -0.05) is 12.8 Å². The first-order valence-corrected chi connectivity index (χ1v) is 7.67. The van der Waals surface area contributed by atoms with Crippen LogP contribution < -0.4 is 0 Å². The summed E-state index contributed by atoms with van der Waals surface area (Å²) in [6, 6.07) is 3.54. The lowest BCUT2D eigenvalue weighted by Gasteiger charge is -2.57. The number of rotatable bonds is 0. The molecule has 2 heteroatoms. The Labute approximate surface area is 107 Å². The van der Waals surface area contributed by atoms with Gasteiger partial charge in [0.05, 0.1) is 26.2 Å². The molecule has 3 aliphatic rings. The van der Waals surface area contributed by atoms with Gasteiger partial charge >= 0.3 is 0 Å². The topological polar surface area (TPSA) is 3.24 Å². The van der Waals surface area contributed by atoms with Crippen LogP contribution in [-0.4, -0.2) is 54.7 Å². The molecule has 0 N–H and O–H groups in total. The lowest BCUT2D eigenvalue weighted by molar-refractivity contribution is -0.949. The average Bonchev–Trinajstić information content (AvgIpc) is 2.46. The van der Waals surface area contributed by atoms with Crippen LogP contribution in [0.3, 0.4) is 0 Å². The van der Waals surface area contributed by atoms with Crippen molar-refractivity contribution in [1.29, 1.82) is 0 Å². The van der Waals surface area contributed by atoms with Crippen molar-refractivity contribution in [2.24, 2.45) is 0 Å². The van der Waals surface area contributed by atoms with Crippen LogP contribution in [0, 0.1) is 0 Å². The molecular weight excluding hydrogens is 208 g/mol. The van der Waals surface area contributed by atoms with Crippen molar-refractivity contribution < 1.29 is 4.48 Å². The van der Waals surface area contributed by atoms with Gasteiger partial charge in [0, 0.05) is 12.8 Å². The summed E-state index contributed by atoms with van der Waals surface area (Å²) in [6.45, 7) is 0. The van der Waals surface area contributed by atoms with E-state index in [0.29, 0.717) is 0 Å². The molecule has 0 radical (unpaired) electrons. The largest absolute Gasteiger partial charge is 0.321 e. The van der Waals surface area contributed by atoms with Crippen molar-refractivity contribution in [3.8, 4) is 0 Å². The van der Waals surface area contributed by atoms with Gasteiger partial charge in [-0.2, -0.15) is 0 Å². The van der Waals surface area contributed by atoms with Crippen molar-refractivity contribution in [3.63, 3.8) is 0 Å². The summed E-state index contributed by atoms with van der Waals surface area (Å²) >= 11 is 0. The van der Waals surface area contributed by atoms with E-state index < -0.39 is 0 Å². The molecule has 2 nitrogen and oxygen atoms in total. The minimum atomic E-state index is 0.867. The fourth-order valence-electron chi connectivity index (χ4n) is 5.18. The van der Waals surface area contributed by atoms with Gasteiger partial charge in [0.25, 0.3) is 0 Å². The minimum absolute atomic E-state index is 0.867. The molecule has 3 heterocycles. The molecule has 4 bridgehead atoms. The molecule has 4 atom stereocenters. The van der Waals surface area contributed by atoms with Gasteiger partial charge in [0.1, 0.15) is 12.1 Å². The van der Waals surface area contributed by atoms with Gasteiger partial charge in [-0.05, 0) is 32.7 Å². The lowest BCUT2D eigenvalue weighted by atomic mass is 9.88. The number of likely N-dealkylation sites (N-methyl/N-ethyl adjacent to an activating group) is 2. The Morgan fingerprint density at radius 3 is 1.65 bits per heavy atom. The fraction of sp³-hybridized carbons (Fsp3) is 1.00. The SMILES string of the molecule is CN1C2CCCCC1C1CCCCC2[N+]1(C)C. The van der Waals surface area contributed by atoms with Crippen LogP contribution in [0.2, 0.25) is 0 Å². The number of fused-ring (bicyclic) bond motifs is 6. The third kappa shape index (κ3) is 1.76.